The number of phenols is 1. The Bertz CT molecular complexity index is 920. The van der Waals surface area contributed by atoms with Crippen molar-refractivity contribution in [2.75, 3.05) is 0 Å². The Morgan fingerprint density at radius 1 is 1.22 bits per heavy atom. The largest absolute Gasteiger partial charge is 0.507 e. The normalized spacial score (nSPS) is 11.8. The number of carbonyl (C=O) groups excluding carboxylic acids is 1. The Hall–Kier alpha value is -3.04. The van der Waals surface area contributed by atoms with Gasteiger partial charge in [0.25, 0.3) is 5.78 Å². The molecule has 2 aromatic heterocycles. The molecular weight excluding hydrogens is 320 g/mol. The second kappa shape index (κ2) is 5.00. The molecule has 23 heavy (non-hydrogen) atoms. The molecule has 118 valence electrons. The number of fused-ring (bicyclic) bond motifs is 1. The van der Waals surface area contributed by atoms with Crippen molar-refractivity contribution in [1.82, 2.24) is 19.6 Å². The van der Waals surface area contributed by atoms with Gasteiger partial charge in [-0.15, -0.1) is 10.2 Å². The zero-order valence-electron chi connectivity index (χ0n) is 11.0. The second-order valence-corrected chi connectivity index (χ2v) is 4.52. The summed E-state index contributed by atoms with van der Waals surface area (Å²) in [6, 6.07) is 2.68. The van der Waals surface area contributed by atoms with Crippen LogP contribution in [0.15, 0.2) is 30.6 Å². The van der Waals surface area contributed by atoms with Gasteiger partial charge in [-0.05, 0) is 18.2 Å². The van der Waals surface area contributed by atoms with Gasteiger partial charge in [-0.2, -0.15) is 13.2 Å². The number of aromatic hydroxyl groups is 1. The summed E-state index contributed by atoms with van der Waals surface area (Å²) >= 11 is 0. The molecule has 0 atom stereocenters. The maximum atomic E-state index is 13.2. The van der Waals surface area contributed by atoms with Crippen molar-refractivity contribution < 1.29 is 27.5 Å². The molecule has 0 saturated heterocycles. The van der Waals surface area contributed by atoms with E-state index in [4.69, 9.17) is 0 Å². The van der Waals surface area contributed by atoms with Crippen LogP contribution in [0.25, 0.3) is 5.78 Å². The van der Waals surface area contributed by atoms with Gasteiger partial charge in [-0.1, -0.05) is 0 Å². The summed E-state index contributed by atoms with van der Waals surface area (Å²) in [5, 5.41) is 15.8. The highest BCUT2D eigenvalue weighted by atomic mass is 19.4. The van der Waals surface area contributed by atoms with Crippen LogP contribution in [0.3, 0.4) is 0 Å². The molecule has 0 spiro atoms. The van der Waals surface area contributed by atoms with E-state index < -0.39 is 34.9 Å². The van der Waals surface area contributed by atoms with Crippen molar-refractivity contribution in [3.8, 4) is 5.75 Å². The number of hydrogen-bond donors (Lipinski definition) is 1. The molecule has 0 aliphatic rings. The maximum absolute atomic E-state index is 13.2. The summed E-state index contributed by atoms with van der Waals surface area (Å²) in [5.41, 5.74) is -0.684. The number of rotatable bonds is 2. The quantitative estimate of drug-likeness (QED) is 0.577. The molecule has 0 aliphatic heterocycles. The molecule has 2 heterocycles. The number of nitrogens with zero attached hydrogens (tertiary/aromatic N) is 4. The van der Waals surface area contributed by atoms with Crippen LogP contribution in [-0.2, 0) is 6.18 Å². The zero-order valence-corrected chi connectivity index (χ0v) is 11.0. The predicted octanol–water partition coefficient (Wildman–Crippen LogP) is 2.22. The third-order valence-electron chi connectivity index (χ3n) is 2.98. The van der Waals surface area contributed by atoms with E-state index in [1.54, 1.807) is 0 Å². The van der Waals surface area contributed by atoms with Gasteiger partial charge in [0, 0.05) is 12.4 Å². The number of hydrogen-bond acceptors (Lipinski definition) is 5. The molecule has 0 bridgehead atoms. The average molecular weight is 326 g/mol. The number of carbonyl (C=O) groups is 1. The van der Waals surface area contributed by atoms with Crippen molar-refractivity contribution in [3.05, 3.63) is 53.4 Å². The van der Waals surface area contributed by atoms with E-state index in [1.165, 1.54) is 0 Å². The lowest BCUT2D eigenvalue weighted by atomic mass is 10.0. The van der Waals surface area contributed by atoms with Crippen molar-refractivity contribution in [2.45, 2.75) is 6.18 Å². The van der Waals surface area contributed by atoms with Gasteiger partial charge in [-0.3, -0.25) is 9.20 Å². The van der Waals surface area contributed by atoms with Gasteiger partial charge in [-0.25, -0.2) is 9.37 Å². The number of ketones is 1. The lowest BCUT2D eigenvalue weighted by molar-refractivity contribution is -0.145. The number of halogens is 4. The fraction of sp³-hybridized carbons (Fsp3) is 0.0769. The number of benzene rings is 1. The average Bonchev–Trinajstić information content (AvgIpc) is 2.92. The van der Waals surface area contributed by atoms with Crippen molar-refractivity contribution in [2.24, 2.45) is 0 Å². The molecular formula is C13H6F4N4O2. The van der Waals surface area contributed by atoms with Crippen LogP contribution in [0, 0.1) is 5.82 Å². The Kier molecular flexibility index (Phi) is 3.24. The monoisotopic (exact) mass is 326 g/mol. The molecule has 0 saturated carbocycles. The van der Waals surface area contributed by atoms with E-state index in [0.717, 1.165) is 30.6 Å². The fourth-order valence-electron chi connectivity index (χ4n) is 1.95. The minimum Gasteiger partial charge on any atom is -0.507 e. The number of phenolic OH excluding ortho intramolecular Hbond substituents is 1. The van der Waals surface area contributed by atoms with Crippen LogP contribution in [0.5, 0.6) is 5.75 Å². The molecule has 1 N–H and O–H groups in total. The van der Waals surface area contributed by atoms with Crippen LogP contribution >= 0.6 is 0 Å². The molecule has 0 radical (unpaired) electrons. The molecule has 3 rings (SSSR count). The van der Waals surface area contributed by atoms with E-state index in [0.29, 0.717) is 4.40 Å². The summed E-state index contributed by atoms with van der Waals surface area (Å²) in [7, 11) is 0. The van der Waals surface area contributed by atoms with Crippen LogP contribution in [0.2, 0.25) is 0 Å². The van der Waals surface area contributed by atoms with Crippen molar-refractivity contribution >= 4 is 11.6 Å². The first kappa shape index (κ1) is 14.9. The van der Waals surface area contributed by atoms with Crippen LogP contribution in [-0.4, -0.2) is 30.5 Å². The number of alkyl halides is 3. The molecule has 1 aromatic carbocycles. The van der Waals surface area contributed by atoms with E-state index in [-0.39, 0.29) is 11.3 Å². The van der Waals surface area contributed by atoms with E-state index in [2.05, 4.69) is 15.2 Å². The van der Waals surface area contributed by atoms with Gasteiger partial charge in [0.15, 0.2) is 5.78 Å². The predicted molar refractivity (Wildman–Crippen MR) is 67.3 cm³/mol. The smallest absolute Gasteiger partial charge is 0.452 e. The van der Waals surface area contributed by atoms with Gasteiger partial charge < -0.3 is 5.11 Å². The van der Waals surface area contributed by atoms with E-state index >= 15 is 0 Å². The summed E-state index contributed by atoms with van der Waals surface area (Å²) in [6.07, 6.45) is -2.99. The van der Waals surface area contributed by atoms with Gasteiger partial charge in [0.05, 0.1) is 11.1 Å². The topological polar surface area (TPSA) is 80.4 Å². The summed E-state index contributed by atoms with van der Waals surface area (Å²) < 4.78 is 52.1. The third kappa shape index (κ3) is 2.58. The first-order chi connectivity index (χ1) is 10.8. The Labute approximate surface area is 125 Å². The molecule has 10 heteroatoms. The SMILES string of the molecule is O=C(c1cnc2nnc(C(F)(F)F)n2c1)c1cc(F)ccc1O. The minimum atomic E-state index is -4.79. The Morgan fingerprint density at radius 2 is 1.96 bits per heavy atom. The molecule has 6 nitrogen and oxygen atoms in total. The summed E-state index contributed by atoms with van der Waals surface area (Å²) in [5.74, 6) is -3.87. The van der Waals surface area contributed by atoms with Crippen LogP contribution in [0.1, 0.15) is 21.7 Å². The van der Waals surface area contributed by atoms with Crippen molar-refractivity contribution in [3.63, 3.8) is 0 Å². The minimum absolute atomic E-state index is 0.288. The standard InChI is InChI=1S/C13H6F4N4O2/c14-7-1-2-9(22)8(3-7)10(23)6-4-18-12-20-19-11(13(15,16)17)21(12)5-6/h1-5,22H. The van der Waals surface area contributed by atoms with Gasteiger partial charge in [0.2, 0.25) is 5.82 Å². The van der Waals surface area contributed by atoms with Crippen molar-refractivity contribution in [1.29, 1.82) is 0 Å². The molecule has 0 aliphatic carbocycles. The fourth-order valence-corrected chi connectivity index (χ4v) is 1.95. The molecule has 0 unspecified atom stereocenters. The second-order valence-electron chi connectivity index (χ2n) is 4.52. The lowest BCUT2D eigenvalue weighted by Crippen LogP contribution is -2.12. The van der Waals surface area contributed by atoms with Gasteiger partial charge in [0.1, 0.15) is 11.6 Å². The van der Waals surface area contributed by atoms with Crippen LogP contribution < -0.4 is 0 Å². The van der Waals surface area contributed by atoms with E-state index in [1.807, 2.05) is 0 Å². The maximum Gasteiger partial charge on any atom is 0.452 e. The highest BCUT2D eigenvalue weighted by Gasteiger charge is 2.37. The highest BCUT2D eigenvalue weighted by molar-refractivity contribution is 6.10. The number of aromatic nitrogens is 4. The Balaban J connectivity index is 2.13. The zero-order chi connectivity index (χ0) is 16.8. The molecule has 0 fully saturated rings. The van der Waals surface area contributed by atoms with Gasteiger partial charge >= 0.3 is 6.18 Å². The molecule has 0 amide bonds. The Morgan fingerprint density at radius 3 is 2.65 bits per heavy atom. The highest BCUT2D eigenvalue weighted by Crippen LogP contribution is 2.28. The summed E-state index contributed by atoms with van der Waals surface area (Å²) in [4.78, 5) is 15.9. The van der Waals surface area contributed by atoms with Crippen LogP contribution in [0.4, 0.5) is 17.6 Å². The first-order valence-corrected chi connectivity index (χ1v) is 6.08. The third-order valence-corrected chi connectivity index (χ3v) is 2.98. The molecule has 3 aromatic rings. The van der Waals surface area contributed by atoms with E-state index in [9.17, 15) is 27.5 Å². The lowest BCUT2D eigenvalue weighted by Gasteiger charge is -2.06. The summed E-state index contributed by atoms with van der Waals surface area (Å²) in [6.45, 7) is 0. The first-order valence-electron chi connectivity index (χ1n) is 6.08.